The second-order valence-electron chi connectivity index (χ2n) is 9.06. The zero-order valence-corrected chi connectivity index (χ0v) is 20.1. The Kier molecular flexibility index (Phi) is 6.62. The van der Waals surface area contributed by atoms with Gasteiger partial charge in [-0.3, -0.25) is 0 Å². The van der Waals surface area contributed by atoms with E-state index in [1.807, 2.05) is 6.08 Å². The Morgan fingerprint density at radius 3 is 2.09 bits per heavy atom. The van der Waals surface area contributed by atoms with Crippen LogP contribution in [-0.2, 0) is 0 Å². The van der Waals surface area contributed by atoms with E-state index in [0.29, 0.717) is 0 Å². The van der Waals surface area contributed by atoms with Crippen molar-refractivity contribution in [3.8, 4) is 11.4 Å². The van der Waals surface area contributed by atoms with Crippen LogP contribution in [0.3, 0.4) is 0 Å². The molecule has 0 fully saturated rings. The molecule has 0 atom stereocenters. The zero-order valence-electron chi connectivity index (χ0n) is 20.1. The lowest BCUT2D eigenvalue weighted by Gasteiger charge is -2.14. The SMILES string of the molecule is C=Cc1ccc(-c2nc3c4ccccc4c4ccccc4c3n2NCCCCCCCC)cc1. The third-order valence-electron chi connectivity index (χ3n) is 6.74. The first-order chi connectivity index (χ1) is 16.8. The zero-order chi connectivity index (χ0) is 23.3. The van der Waals surface area contributed by atoms with Crippen LogP contribution in [0, 0.1) is 0 Å². The van der Waals surface area contributed by atoms with E-state index in [9.17, 15) is 0 Å². The predicted octanol–water partition coefficient (Wildman–Crippen LogP) is 8.56. The van der Waals surface area contributed by atoms with Crippen LogP contribution in [0.5, 0.6) is 0 Å². The van der Waals surface area contributed by atoms with Gasteiger partial charge in [-0.05, 0) is 22.8 Å². The Bertz CT molecular complexity index is 1430. The van der Waals surface area contributed by atoms with Crippen LogP contribution in [0.1, 0.15) is 51.0 Å². The molecule has 1 aromatic heterocycles. The highest BCUT2D eigenvalue weighted by Gasteiger charge is 2.18. The van der Waals surface area contributed by atoms with E-state index < -0.39 is 0 Å². The number of imidazole rings is 1. The van der Waals surface area contributed by atoms with Crippen LogP contribution in [-0.4, -0.2) is 16.2 Å². The van der Waals surface area contributed by atoms with Gasteiger partial charge in [-0.2, -0.15) is 0 Å². The van der Waals surface area contributed by atoms with Crippen molar-refractivity contribution in [2.75, 3.05) is 12.0 Å². The molecule has 5 rings (SSSR count). The first-order valence-corrected chi connectivity index (χ1v) is 12.6. The number of nitrogens with zero attached hydrogens (tertiary/aromatic N) is 2. The number of hydrogen-bond acceptors (Lipinski definition) is 2. The molecule has 0 aliphatic carbocycles. The molecule has 0 radical (unpaired) electrons. The predicted molar refractivity (Wildman–Crippen MR) is 148 cm³/mol. The van der Waals surface area contributed by atoms with Gasteiger partial charge in [-0.1, -0.05) is 124 Å². The number of benzene rings is 4. The summed E-state index contributed by atoms with van der Waals surface area (Å²) in [5.74, 6) is 0.957. The van der Waals surface area contributed by atoms with Crippen LogP contribution in [0.4, 0.5) is 0 Å². The van der Waals surface area contributed by atoms with Gasteiger partial charge in [0, 0.05) is 22.9 Å². The van der Waals surface area contributed by atoms with E-state index in [4.69, 9.17) is 4.98 Å². The summed E-state index contributed by atoms with van der Waals surface area (Å²) in [5, 5.41) is 4.94. The number of hydrogen-bond donors (Lipinski definition) is 1. The van der Waals surface area contributed by atoms with Gasteiger partial charge in [0.1, 0.15) is 0 Å². The van der Waals surface area contributed by atoms with Crippen molar-refractivity contribution < 1.29 is 0 Å². The minimum Gasteiger partial charge on any atom is -0.324 e. The minimum absolute atomic E-state index is 0.927. The van der Waals surface area contributed by atoms with Crippen molar-refractivity contribution in [2.45, 2.75) is 45.4 Å². The molecule has 0 amide bonds. The highest BCUT2D eigenvalue weighted by molar-refractivity contribution is 6.23. The van der Waals surface area contributed by atoms with Crippen molar-refractivity contribution in [1.82, 2.24) is 9.66 Å². The summed E-state index contributed by atoms with van der Waals surface area (Å²) in [6, 6.07) is 25.8. The summed E-state index contributed by atoms with van der Waals surface area (Å²) >= 11 is 0. The van der Waals surface area contributed by atoms with Gasteiger partial charge in [-0.15, -0.1) is 0 Å². The van der Waals surface area contributed by atoms with Crippen LogP contribution < -0.4 is 5.43 Å². The molecular weight excluding hydrogens is 414 g/mol. The maximum Gasteiger partial charge on any atom is 0.159 e. The highest BCUT2D eigenvalue weighted by atomic mass is 15.4. The molecular formula is C31H33N3. The van der Waals surface area contributed by atoms with E-state index in [0.717, 1.165) is 41.0 Å². The Morgan fingerprint density at radius 2 is 1.38 bits per heavy atom. The molecule has 0 saturated carbocycles. The second-order valence-corrected chi connectivity index (χ2v) is 9.06. The maximum absolute atomic E-state index is 5.23. The summed E-state index contributed by atoms with van der Waals surface area (Å²) in [7, 11) is 0. The molecule has 172 valence electrons. The maximum atomic E-state index is 5.23. The summed E-state index contributed by atoms with van der Waals surface area (Å²) in [6.45, 7) is 7.09. The molecule has 1 heterocycles. The Labute approximate surface area is 202 Å². The van der Waals surface area contributed by atoms with E-state index in [1.54, 1.807) is 0 Å². The Morgan fingerprint density at radius 1 is 0.765 bits per heavy atom. The number of aromatic nitrogens is 2. The lowest BCUT2D eigenvalue weighted by Crippen LogP contribution is -2.17. The van der Waals surface area contributed by atoms with Crippen LogP contribution in [0.25, 0.3) is 50.0 Å². The lowest BCUT2D eigenvalue weighted by atomic mass is 10.00. The molecule has 4 aromatic carbocycles. The summed E-state index contributed by atoms with van der Waals surface area (Å²) in [6.07, 6.45) is 9.56. The van der Waals surface area contributed by atoms with Gasteiger partial charge in [0.25, 0.3) is 0 Å². The van der Waals surface area contributed by atoms with E-state index in [-0.39, 0.29) is 0 Å². The first kappa shape index (κ1) is 22.2. The van der Waals surface area contributed by atoms with Gasteiger partial charge >= 0.3 is 0 Å². The molecule has 0 unspecified atom stereocenters. The number of unbranched alkanes of at least 4 members (excludes halogenated alkanes) is 5. The van der Waals surface area contributed by atoms with E-state index >= 15 is 0 Å². The lowest BCUT2D eigenvalue weighted by molar-refractivity contribution is 0.609. The fourth-order valence-electron chi connectivity index (χ4n) is 4.92. The van der Waals surface area contributed by atoms with Gasteiger partial charge in [-0.25, -0.2) is 9.66 Å². The summed E-state index contributed by atoms with van der Waals surface area (Å²) in [5.41, 5.74) is 8.16. The fourth-order valence-corrected chi connectivity index (χ4v) is 4.92. The topological polar surface area (TPSA) is 29.9 Å². The smallest absolute Gasteiger partial charge is 0.159 e. The van der Waals surface area contributed by atoms with Gasteiger partial charge in [0.2, 0.25) is 0 Å². The van der Waals surface area contributed by atoms with Crippen molar-refractivity contribution in [3.63, 3.8) is 0 Å². The molecule has 0 saturated heterocycles. The number of fused-ring (bicyclic) bond motifs is 6. The third kappa shape index (κ3) is 4.19. The largest absolute Gasteiger partial charge is 0.324 e. The average molecular weight is 448 g/mol. The van der Waals surface area contributed by atoms with Gasteiger partial charge in [0.15, 0.2) is 5.82 Å². The molecule has 3 heteroatoms. The quantitative estimate of drug-likeness (QED) is 0.172. The van der Waals surface area contributed by atoms with Crippen molar-refractivity contribution in [1.29, 1.82) is 0 Å². The van der Waals surface area contributed by atoms with Gasteiger partial charge in [0.05, 0.1) is 11.0 Å². The van der Waals surface area contributed by atoms with Crippen LogP contribution in [0.15, 0.2) is 79.4 Å². The van der Waals surface area contributed by atoms with Crippen LogP contribution in [0.2, 0.25) is 0 Å². The molecule has 34 heavy (non-hydrogen) atoms. The normalized spacial score (nSPS) is 11.4. The van der Waals surface area contributed by atoms with Crippen molar-refractivity contribution in [3.05, 3.63) is 84.9 Å². The second kappa shape index (κ2) is 10.1. The average Bonchev–Trinajstić information content (AvgIpc) is 3.28. The van der Waals surface area contributed by atoms with E-state index in [2.05, 4.69) is 96.4 Å². The summed E-state index contributed by atoms with van der Waals surface area (Å²) < 4.78 is 2.24. The Hall–Kier alpha value is -3.59. The van der Waals surface area contributed by atoms with Crippen LogP contribution >= 0.6 is 0 Å². The third-order valence-corrected chi connectivity index (χ3v) is 6.74. The molecule has 0 aliphatic rings. The van der Waals surface area contributed by atoms with Crippen molar-refractivity contribution >= 4 is 38.7 Å². The standard InChI is InChI=1S/C31H33N3/c1-3-5-6-7-8-13-22-32-34-30-28-17-12-10-15-26(28)25-14-9-11-16-27(25)29(30)33-31(34)24-20-18-23(4-2)19-21-24/h4,9-12,14-21,32H,2-3,5-8,13,22H2,1H3. The Balaban J connectivity index is 1.63. The number of rotatable bonds is 10. The molecule has 5 aromatic rings. The molecule has 0 spiro atoms. The molecule has 0 bridgehead atoms. The van der Waals surface area contributed by atoms with E-state index in [1.165, 1.54) is 53.6 Å². The molecule has 1 N–H and O–H groups in total. The minimum atomic E-state index is 0.927. The molecule has 3 nitrogen and oxygen atoms in total. The molecule has 0 aliphatic heterocycles. The monoisotopic (exact) mass is 447 g/mol. The van der Waals surface area contributed by atoms with Crippen molar-refractivity contribution in [2.24, 2.45) is 0 Å². The number of nitrogens with one attached hydrogen (secondary N) is 1. The first-order valence-electron chi connectivity index (χ1n) is 12.6. The highest BCUT2D eigenvalue weighted by Crippen LogP contribution is 2.36. The summed E-state index contributed by atoms with van der Waals surface area (Å²) in [4.78, 5) is 5.23. The fraction of sp³-hybridized carbons (Fsp3) is 0.258. The van der Waals surface area contributed by atoms with Gasteiger partial charge < -0.3 is 5.43 Å².